The molecule has 0 saturated heterocycles. The number of aryl methyl sites for hydroxylation is 3. The molecule has 20 heavy (non-hydrogen) atoms. The summed E-state index contributed by atoms with van der Waals surface area (Å²) in [6, 6.07) is 4.17. The molecule has 1 spiro atoms. The van der Waals surface area contributed by atoms with Gasteiger partial charge in [0, 0.05) is 0 Å². The lowest BCUT2D eigenvalue weighted by molar-refractivity contribution is -0.106. The summed E-state index contributed by atoms with van der Waals surface area (Å²) in [5.74, 6) is 0.333. The van der Waals surface area contributed by atoms with Crippen molar-refractivity contribution < 1.29 is 9.90 Å². The topological polar surface area (TPSA) is 37.3 Å². The molecule has 1 aromatic rings. The van der Waals surface area contributed by atoms with Crippen molar-refractivity contribution in [3.8, 4) is 0 Å². The molecule has 0 aromatic heterocycles. The van der Waals surface area contributed by atoms with Crippen LogP contribution < -0.4 is 0 Å². The second-order valence-electron chi connectivity index (χ2n) is 6.09. The van der Waals surface area contributed by atoms with E-state index < -0.39 is 0 Å². The minimum atomic E-state index is -0.323. The van der Waals surface area contributed by atoms with E-state index in [0.29, 0.717) is 11.3 Å². The first-order valence-electron chi connectivity index (χ1n) is 7.20. The highest BCUT2D eigenvalue weighted by atomic mass is 32.2. The van der Waals surface area contributed by atoms with Gasteiger partial charge in [0.15, 0.2) is 0 Å². The molecule has 0 amide bonds. The predicted octanol–water partition coefficient (Wildman–Crippen LogP) is 4.47. The van der Waals surface area contributed by atoms with Crippen molar-refractivity contribution in [3.63, 3.8) is 0 Å². The Morgan fingerprint density at radius 1 is 1.10 bits per heavy atom. The van der Waals surface area contributed by atoms with Gasteiger partial charge in [0.25, 0.3) is 0 Å². The SMILES string of the molecule is Cc1cc(C)c(C2=C(O)C3(CCCC3)SC2=O)c(C)c1. The number of carbonyl (C=O) groups is 1. The van der Waals surface area contributed by atoms with Crippen LogP contribution in [0.3, 0.4) is 0 Å². The molecule has 3 heteroatoms. The predicted molar refractivity (Wildman–Crippen MR) is 84.0 cm³/mol. The highest BCUT2D eigenvalue weighted by molar-refractivity contribution is 8.16. The molecule has 0 bridgehead atoms. The van der Waals surface area contributed by atoms with Gasteiger partial charge in [-0.25, -0.2) is 0 Å². The zero-order valence-corrected chi connectivity index (χ0v) is 13.1. The standard InChI is InChI=1S/C17H20O2S/c1-10-8-11(2)13(12(3)9-10)14-15(18)17(20-16(14)19)6-4-5-7-17/h8-9,18H,4-7H2,1-3H3. The highest BCUT2D eigenvalue weighted by Crippen LogP contribution is 2.55. The second-order valence-corrected chi connectivity index (χ2v) is 7.44. The Morgan fingerprint density at radius 2 is 1.65 bits per heavy atom. The molecule has 0 radical (unpaired) electrons. The maximum atomic E-state index is 12.5. The number of hydrogen-bond donors (Lipinski definition) is 1. The van der Waals surface area contributed by atoms with Crippen LogP contribution in [0, 0.1) is 20.8 Å². The average Bonchev–Trinajstić information content (AvgIpc) is 2.89. The van der Waals surface area contributed by atoms with E-state index in [1.807, 2.05) is 13.8 Å². The largest absolute Gasteiger partial charge is 0.510 e. The Morgan fingerprint density at radius 3 is 2.20 bits per heavy atom. The second kappa shape index (κ2) is 4.66. The number of aliphatic hydroxyl groups excluding tert-OH is 1. The van der Waals surface area contributed by atoms with Crippen molar-refractivity contribution >= 4 is 22.5 Å². The summed E-state index contributed by atoms with van der Waals surface area (Å²) in [5.41, 5.74) is 4.85. The van der Waals surface area contributed by atoms with Crippen molar-refractivity contribution in [2.75, 3.05) is 0 Å². The van der Waals surface area contributed by atoms with Crippen LogP contribution in [0.5, 0.6) is 0 Å². The first kappa shape index (κ1) is 13.7. The fourth-order valence-electron chi connectivity index (χ4n) is 3.68. The zero-order valence-electron chi connectivity index (χ0n) is 12.2. The van der Waals surface area contributed by atoms with E-state index >= 15 is 0 Å². The molecule has 106 valence electrons. The Balaban J connectivity index is 2.19. The summed E-state index contributed by atoms with van der Waals surface area (Å²) in [4.78, 5) is 12.5. The normalized spacial score (nSPS) is 21.2. The van der Waals surface area contributed by atoms with Crippen LogP contribution in [0.4, 0.5) is 0 Å². The minimum Gasteiger partial charge on any atom is -0.510 e. The smallest absolute Gasteiger partial charge is 0.224 e. The van der Waals surface area contributed by atoms with Crippen molar-refractivity contribution in [3.05, 3.63) is 40.1 Å². The number of carbonyl (C=O) groups excluding carboxylic acids is 1. The van der Waals surface area contributed by atoms with E-state index in [9.17, 15) is 9.90 Å². The van der Waals surface area contributed by atoms with Crippen LogP contribution in [0.25, 0.3) is 5.57 Å². The number of aliphatic hydroxyl groups is 1. The van der Waals surface area contributed by atoms with Crippen LogP contribution in [-0.2, 0) is 4.79 Å². The molecule has 1 aliphatic carbocycles. The van der Waals surface area contributed by atoms with Gasteiger partial charge in [-0.3, -0.25) is 4.79 Å². The summed E-state index contributed by atoms with van der Waals surface area (Å²) in [7, 11) is 0. The molecule has 1 fully saturated rings. The first-order valence-corrected chi connectivity index (χ1v) is 8.01. The zero-order chi connectivity index (χ0) is 14.5. The molecular weight excluding hydrogens is 268 g/mol. The summed E-state index contributed by atoms with van der Waals surface area (Å²) in [6.07, 6.45) is 4.04. The number of hydrogen-bond acceptors (Lipinski definition) is 3. The van der Waals surface area contributed by atoms with Gasteiger partial charge in [-0.1, -0.05) is 42.3 Å². The van der Waals surface area contributed by atoms with Gasteiger partial charge in [0.2, 0.25) is 5.12 Å². The molecule has 1 aliphatic heterocycles. The molecule has 0 atom stereocenters. The van der Waals surface area contributed by atoms with Crippen LogP contribution in [0.15, 0.2) is 17.9 Å². The van der Waals surface area contributed by atoms with Crippen LogP contribution >= 0.6 is 11.8 Å². The lowest BCUT2D eigenvalue weighted by atomic mass is 9.90. The third kappa shape index (κ3) is 1.91. The first-order chi connectivity index (χ1) is 9.44. The minimum absolute atomic E-state index is 0.0412. The summed E-state index contributed by atoms with van der Waals surface area (Å²) in [5, 5.41) is 10.8. The fraction of sp³-hybridized carbons (Fsp3) is 0.471. The van der Waals surface area contributed by atoms with E-state index in [2.05, 4.69) is 19.1 Å². The van der Waals surface area contributed by atoms with E-state index in [-0.39, 0.29) is 9.86 Å². The van der Waals surface area contributed by atoms with Gasteiger partial charge >= 0.3 is 0 Å². The van der Waals surface area contributed by atoms with Gasteiger partial charge < -0.3 is 5.11 Å². The molecular formula is C17H20O2S. The van der Waals surface area contributed by atoms with Crippen molar-refractivity contribution in [2.24, 2.45) is 0 Å². The molecule has 1 saturated carbocycles. The van der Waals surface area contributed by atoms with E-state index in [1.165, 1.54) is 17.3 Å². The monoisotopic (exact) mass is 288 g/mol. The van der Waals surface area contributed by atoms with Gasteiger partial charge in [0.1, 0.15) is 5.76 Å². The van der Waals surface area contributed by atoms with Crippen LogP contribution in [0.1, 0.15) is 47.9 Å². The maximum Gasteiger partial charge on any atom is 0.224 e. The third-order valence-electron chi connectivity index (χ3n) is 4.50. The summed E-state index contributed by atoms with van der Waals surface area (Å²) < 4.78 is -0.323. The fourth-order valence-corrected chi connectivity index (χ4v) is 5.03. The van der Waals surface area contributed by atoms with Crippen molar-refractivity contribution in [1.82, 2.24) is 0 Å². The number of benzene rings is 1. The summed E-state index contributed by atoms with van der Waals surface area (Å²) in [6.45, 7) is 6.10. The molecule has 1 N–H and O–H groups in total. The van der Waals surface area contributed by atoms with Gasteiger partial charge in [0.05, 0.1) is 10.3 Å². The van der Waals surface area contributed by atoms with E-state index in [0.717, 1.165) is 42.4 Å². The van der Waals surface area contributed by atoms with Crippen LogP contribution in [-0.4, -0.2) is 15.0 Å². The molecule has 0 unspecified atom stereocenters. The van der Waals surface area contributed by atoms with E-state index in [1.54, 1.807) is 0 Å². The van der Waals surface area contributed by atoms with Crippen molar-refractivity contribution in [2.45, 2.75) is 51.2 Å². The third-order valence-corrected chi connectivity index (χ3v) is 5.88. The number of thioether (sulfide) groups is 1. The molecule has 2 nitrogen and oxygen atoms in total. The Hall–Kier alpha value is -1.22. The highest BCUT2D eigenvalue weighted by Gasteiger charge is 2.49. The molecule has 1 heterocycles. The van der Waals surface area contributed by atoms with Gasteiger partial charge in [-0.15, -0.1) is 0 Å². The Kier molecular flexibility index (Phi) is 3.20. The summed E-state index contributed by atoms with van der Waals surface area (Å²) >= 11 is 1.35. The quantitative estimate of drug-likeness (QED) is 0.828. The lowest BCUT2D eigenvalue weighted by Gasteiger charge is -2.20. The average molecular weight is 288 g/mol. The molecule has 3 rings (SSSR count). The Labute approximate surface area is 124 Å². The van der Waals surface area contributed by atoms with Crippen molar-refractivity contribution in [1.29, 1.82) is 0 Å². The van der Waals surface area contributed by atoms with E-state index in [4.69, 9.17) is 0 Å². The molecule has 2 aliphatic rings. The molecule has 1 aromatic carbocycles. The van der Waals surface area contributed by atoms with Gasteiger partial charge in [-0.2, -0.15) is 0 Å². The maximum absolute atomic E-state index is 12.5. The number of rotatable bonds is 1. The Bertz CT molecular complexity index is 599. The van der Waals surface area contributed by atoms with Crippen LogP contribution in [0.2, 0.25) is 0 Å². The van der Waals surface area contributed by atoms with Gasteiger partial charge in [-0.05, 0) is 50.3 Å². The lowest BCUT2D eigenvalue weighted by Crippen LogP contribution is -2.20.